The summed E-state index contributed by atoms with van der Waals surface area (Å²) in [6.45, 7) is 8.42. The maximum atomic E-state index is 7.87. The standard InChI is InChI=1S/C8H17.Mo.H3O2PS2/c1-4-6-7-8(3)5-2;;1-3(2,4)5/h8H,3-7H2,1-2H3;;(H3,1,2,4,5)/q-1;;. The molecule has 0 aliphatic rings. The summed E-state index contributed by atoms with van der Waals surface area (Å²) in [5, 5.41) is 0. The normalized spacial score (nSPS) is 12.1. The first-order chi connectivity index (χ1) is 5.81. The monoisotopic (exact) mass is 341 g/mol. The Hall–Kier alpha value is 1.61. The average Bonchev–Trinajstić information content (AvgIpc) is 1.97. The Morgan fingerprint density at radius 1 is 1.43 bits per heavy atom. The van der Waals surface area contributed by atoms with Crippen molar-refractivity contribution in [2.24, 2.45) is 5.92 Å². The van der Waals surface area contributed by atoms with E-state index in [1.165, 1.54) is 25.7 Å². The zero-order chi connectivity index (χ0) is 10.9. The van der Waals surface area contributed by atoms with Gasteiger partial charge in [0.15, 0.2) is 0 Å². The summed E-state index contributed by atoms with van der Waals surface area (Å²) in [7, 11) is 0. The zero-order valence-corrected chi connectivity index (χ0v) is 13.3. The Bertz CT molecular complexity index is 144. The van der Waals surface area contributed by atoms with Crippen molar-refractivity contribution >= 4 is 29.7 Å². The first kappa shape index (κ1) is 21.0. The molecule has 0 radical (unpaired) electrons. The maximum Gasteiger partial charge on any atom is 0.239 e. The summed E-state index contributed by atoms with van der Waals surface area (Å²) in [5.74, 6) is 0.704. The van der Waals surface area contributed by atoms with Crippen LogP contribution in [0.25, 0.3) is 0 Å². The molecule has 0 saturated heterocycles. The Balaban J connectivity index is -0.000000177. The minimum atomic E-state index is -3.11. The van der Waals surface area contributed by atoms with E-state index in [0.29, 0.717) is 5.92 Å². The number of hydrogen-bond donors (Lipinski definition) is 3. The molecular weight excluding hydrogens is 319 g/mol. The molecule has 0 bridgehead atoms. The average molecular weight is 339 g/mol. The molecule has 0 aliphatic carbocycles. The van der Waals surface area contributed by atoms with Crippen LogP contribution < -0.4 is 0 Å². The zero-order valence-electron chi connectivity index (χ0n) is 8.72. The van der Waals surface area contributed by atoms with Crippen LogP contribution in [0.2, 0.25) is 0 Å². The van der Waals surface area contributed by atoms with Crippen molar-refractivity contribution in [3.8, 4) is 0 Å². The van der Waals surface area contributed by atoms with Crippen LogP contribution in [0.15, 0.2) is 0 Å². The fourth-order valence-corrected chi connectivity index (χ4v) is 0.697. The minimum Gasteiger partial charge on any atom is -0.340 e. The van der Waals surface area contributed by atoms with E-state index in [1.807, 2.05) is 0 Å². The van der Waals surface area contributed by atoms with Crippen molar-refractivity contribution in [1.82, 2.24) is 0 Å². The van der Waals surface area contributed by atoms with Crippen LogP contribution in [-0.4, -0.2) is 9.79 Å². The van der Waals surface area contributed by atoms with Crippen LogP contribution >= 0.6 is 17.9 Å². The van der Waals surface area contributed by atoms with Gasteiger partial charge in [-0.1, -0.05) is 51.8 Å². The van der Waals surface area contributed by atoms with Gasteiger partial charge in [0.05, 0.1) is 0 Å². The van der Waals surface area contributed by atoms with Crippen LogP contribution in [0.1, 0.15) is 39.5 Å². The Morgan fingerprint density at radius 3 is 2.00 bits per heavy atom. The van der Waals surface area contributed by atoms with E-state index >= 15 is 0 Å². The summed E-state index contributed by atoms with van der Waals surface area (Å²) in [5.41, 5.74) is -3.11. The summed E-state index contributed by atoms with van der Waals surface area (Å²) < 4.78 is 0. The summed E-state index contributed by atoms with van der Waals surface area (Å²) in [6.07, 6.45) is 5.21. The molecular formula is C8H20MoO2PS2-. The van der Waals surface area contributed by atoms with Crippen LogP contribution in [0.3, 0.4) is 0 Å². The molecule has 0 saturated carbocycles. The maximum absolute atomic E-state index is 7.87. The topological polar surface area (TPSA) is 40.5 Å². The Kier molecular flexibility index (Phi) is 19.0. The van der Waals surface area contributed by atoms with Crippen LogP contribution in [-0.2, 0) is 32.9 Å². The van der Waals surface area contributed by atoms with Crippen LogP contribution in [0.5, 0.6) is 0 Å². The van der Waals surface area contributed by atoms with Crippen molar-refractivity contribution < 1.29 is 30.9 Å². The van der Waals surface area contributed by atoms with Crippen molar-refractivity contribution in [1.29, 1.82) is 0 Å². The predicted molar refractivity (Wildman–Crippen MR) is 66.4 cm³/mol. The SMILES string of the molecule is OP(O)(=S)S.[CH2-]C(CC)CCCC.[Mo]. The van der Waals surface area contributed by atoms with Gasteiger partial charge in [-0.05, 0) is 11.8 Å². The molecule has 0 spiro atoms. The third-order valence-electron chi connectivity index (χ3n) is 1.54. The largest absolute Gasteiger partial charge is 0.340 e. The van der Waals surface area contributed by atoms with E-state index in [0.717, 1.165) is 0 Å². The minimum absolute atomic E-state index is 0. The molecule has 0 aromatic carbocycles. The molecule has 6 heteroatoms. The molecule has 14 heavy (non-hydrogen) atoms. The first-order valence-electron chi connectivity index (χ1n) is 4.42. The molecule has 2 nitrogen and oxygen atoms in total. The third-order valence-corrected chi connectivity index (χ3v) is 1.54. The quantitative estimate of drug-likeness (QED) is 0.319. The van der Waals surface area contributed by atoms with Gasteiger partial charge in [-0.3, -0.25) is 0 Å². The molecule has 1 atom stereocenters. The van der Waals surface area contributed by atoms with E-state index in [9.17, 15) is 0 Å². The Labute approximate surface area is 112 Å². The van der Waals surface area contributed by atoms with Crippen LogP contribution in [0.4, 0.5) is 0 Å². The number of unbranched alkanes of at least 4 members (excludes halogenated alkanes) is 1. The summed E-state index contributed by atoms with van der Waals surface area (Å²) in [6, 6.07) is 0. The van der Waals surface area contributed by atoms with Crippen molar-refractivity contribution in [3.05, 3.63) is 6.92 Å². The van der Waals surface area contributed by atoms with Gasteiger partial charge in [0.1, 0.15) is 0 Å². The van der Waals surface area contributed by atoms with Crippen molar-refractivity contribution in [3.63, 3.8) is 0 Å². The van der Waals surface area contributed by atoms with E-state index in [-0.39, 0.29) is 21.1 Å². The molecule has 0 aromatic heterocycles. The van der Waals surface area contributed by atoms with Gasteiger partial charge in [0, 0.05) is 21.1 Å². The fraction of sp³-hybridized carbons (Fsp3) is 0.875. The van der Waals surface area contributed by atoms with Gasteiger partial charge in [-0.15, -0.1) is 0 Å². The Morgan fingerprint density at radius 2 is 1.79 bits per heavy atom. The molecule has 0 rings (SSSR count). The van der Waals surface area contributed by atoms with E-state index in [4.69, 9.17) is 9.79 Å². The molecule has 0 amide bonds. The van der Waals surface area contributed by atoms with Gasteiger partial charge < -0.3 is 16.7 Å². The second kappa shape index (κ2) is 12.7. The van der Waals surface area contributed by atoms with Crippen molar-refractivity contribution in [2.45, 2.75) is 39.5 Å². The molecule has 0 heterocycles. The van der Waals surface area contributed by atoms with Gasteiger partial charge in [-0.2, -0.15) is 5.92 Å². The summed E-state index contributed by atoms with van der Waals surface area (Å²) >= 11 is 7.07. The number of rotatable bonds is 4. The van der Waals surface area contributed by atoms with Gasteiger partial charge >= 0.3 is 0 Å². The first-order valence-corrected chi connectivity index (χ1v) is 8.28. The third kappa shape index (κ3) is 37.4. The smallest absolute Gasteiger partial charge is 0.239 e. The molecule has 0 fully saturated rings. The van der Waals surface area contributed by atoms with E-state index in [1.54, 1.807) is 0 Å². The second-order valence-corrected chi connectivity index (χ2v) is 7.97. The number of thiol groups is 1. The second-order valence-electron chi connectivity index (χ2n) is 2.93. The molecule has 1 unspecified atom stereocenters. The van der Waals surface area contributed by atoms with Gasteiger partial charge in [0.2, 0.25) is 5.69 Å². The van der Waals surface area contributed by atoms with Crippen LogP contribution in [0, 0.1) is 12.8 Å². The van der Waals surface area contributed by atoms with E-state index < -0.39 is 5.69 Å². The molecule has 2 N–H and O–H groups in total. The van der Waals surface area contributed by atoms with Gasteiger partial charge in [-0.25, -0.2) is 0 Å². The fourth-order valence-electron chi connectivity index (χ4n) is 0.697. The molecule has 0 aromatic rings. The van der Waals surface area contributed by atoms with Gasteiger partial charge in [0.25, 0.3) is 0 Å². The summed E-state index contributed by atoms with van der Waals surface area (Å²) in [4.78, 5) is 15.7. The number of hydrogen-bond acceptors (Lipinski definition) is 1. The molecule has 88 valence electrons. The van der Waals surface area contributed by atoms with E-state index in [2.05, 4.69) is 44.8 Å². The molecule has 0 aliphatic heterocycles. The van der Waals surface area contributed by atoms with Crippen molar-refractivity contribution in [2.75, 3.05) is 0 Å². The predicted octanol–water partition coefficient (Wildman–Crippen LogP) is 3.16.